The summed E-state index contributed by atoms with van der Waals surface area (Å²) in [4.78, 5) is 3.08. The standard InChI is InChI=1S/C11H14N2OS/c1-8(2)10-5-12-11(15)13(10)6-9-3-4-14-7-9/h3-5,7-8H,6H2,1-2H3,(H,12,15). The molecule has 3 nitrogen and oxygen atoms in total. The molecule has 0 aliphatic heterocycles. The lowest BCUT2D eigenvalue weighted by Crippen LogP contribution is -2.05. The van der Waals surface area contributed by atoms with Gasteiger partial charge < -0.3 is 14.0 Å². The molecule has 0 radical (unpaired) electrons. The van der Waals surface area contributed by atoms with Gasteiger partial charge in [-0.3, -0.25) is 0 Å². The first-order valence-electron chi connectivity index (χ1n) is 4.97. The largest absolute Gasteiger partial charge is 0.472 e. The SMILES string of the molecule is CC(C)c1c[nH]c(=S)n1Cc1ccoc1. The Morgan fingerprint density at radius 3 is 2.93 bits per heavy atom. The molecule has 15 heavy (non-hydrogen) atoms. The van der Waals surface area contributed by atoms with Gasteiger partial charge in [-0.15, -0.1) is 0 Å². The summed E-state index contributed by atoms with van der Waals surface area (Å²) in [6.07, 6.45) is 5.41. The molecule has 2 aromatic rings. The molecule has 2 rings (SSSR count). The molecule has 4 heteroatoms. The highest BCUT2D eigenvalue weighted by Gasteiger charge is 2.08. The van der Waals surface area contributed by atoms with Crippen molar-refractivity contribution < 1.29 is 4.42 Å². The third-order valence-electron chi connectivity index (χ3n) is 2.41. The lowest BCUT2D eigenvalue weighted by atomic mass is 10.1. The molecule has 0 fully saturated rings. The van der Waals surface area contributed by atoms with Crippen LogP contribution < -0.4 is 0 Å². The smallest absolute Gasteiger partial charge is 0.177 e. The third kappa shape index (κ3) is 2.04. The van der Waals surface area contributed by atoms with Crippen LogP contribution in [0.1, 0.15) is 31.0 Å². The lowest BCUT2D eigenvalue weighted by Gasteiger charge is -2.09. The lowest BCUT2D eigenvalue weighted by molar-refractivity contribution is 0.560. The minimum Gasteiger partial charge on any atom is -0.472 e. The summed E-state index contributed by atoms with van der Waals surface area (Å²) in [6, 6.07) is 1.96. The molecule has 2 aromatic heterocycles. The Kier molecular flexibility index (Phi) is 2.77. The monoisotopic (exact) mass is 222 g/mol. The Morgan fingerprint density at radius 2 is 2.33 bits per heavy atom. The van der Waals surface area contributed by atoms with Crippen LogP contribution in [-0.4, -0.2) is 9.55 Å². The van der Waals surface area contributed by atoms with Crippen molar-refractivity contribution in [3.05, 3.63) is 40.8 Å². The number of hydrogen-bond donors (Lipinski definition) is 1. The van der Waals surface area contributed by atoms with Crippen molar-refractivity contribution in [1.82, 2.24) is 9.55 Å². The maximum Gasteiger partial charge on any atom is 0.177 e. The topological polar surface area (TPSA) is 33.9 Å². The Morgan fingerprint density at radius 1 is 1.53 bits per heavy atom. The maximum atomic E-state index is 5.24. The van der Waals surface area contributed by atoms with Crippen LogP contribution >= 0.6 is 12.2 Å². The predicted molar refractivity (Wildman–Crippen MR) is 61.5 cm³/mol. The fourth-order valence-corrected chi connectivity index (χ4v) is 1.84. The van der Waals surface area contributed by atoms with Crippen LogP contribution in [0.3, 0.4) is 0 Å². The zero-order valence-electron chi connectivity index (χ0n) is 8.86. The van der Waals surface area contributed by atoms with Gasteiger partial charge in [0.05, 0.1) is 19.1 Å². The van der Waals surface area contributed by atoms with E-state index in [1.807, 2.05) is 12.3 Å². The van der Waals surface area contributed by atoms with Crippen molar-refractivity contribution >= 4 is 12.2 Å². The molecule has 1 N–H and O–H groups in total. The summed E-state index contributed by atoms with van der Waals surface area (Å²) in [5, 5.41) is 0. The number of furan rings is 1. The number of H-pyrrole nitrogens is 1. The van der Waals surface area contributed by atoms with Crippen LogP contribution in [0, 0.1) is 4.77 Å². The van der Waals surface area contributed by atoms with Crippen LogP contribution in [0.25, 0.3) is 0 Å². The molecule has 0 bridgehead atoms. The summed E-state index contributed by atoms with van der Waals surface area (Å²) < 4.78 is 7.91. The van der Waals surface area contributed by atoms with E-state index >= 15 is 0 Å². The molecule has 0 aromatic carbocycles. The summed E-state index contributed by atoms with van der Waals surface area (Å²) in [5.74, 6) is 0.463. The van der Waals surface area contributed by atoms with E-state index < -0.39 is 0 Å². The molecule has 0 aliphatic rings. The zero-order chi connectivity index (χ0) is 10.8. The van der Waals surface area contributed by atoms with E-state index in [-0.39, 0.29) is 0 Å². The first-order valence-corrected chi connectivity index (χ1v) is 5.38. The highest BCUT2D eigenvalue weighted by Crippen LogP contribution is 2.16. The van der Waals surface area contributed by atoms with Gasteiger partial charge >= 0.3 is 0 Å². The van der Waals surface area contributed by atoms with Gasteiger partial charge in [-0.25, -0.2) is 0 Å². The summed E-state index contributed by atoms with van der Waals surface area (Å²) in [6.45, 7) is 5.08. The molecule has 0 spiro atoms. The average molecular weight is 222 g/mol. The van der Waals surface area contributed by atoms with E-state index in [2.05, 4.69) is 23.4 Å². The number of nitrogens with zero attached hydrogens (tertiary/aromatic N) is 1. The van der Waals surface area contributed by atoms with Gasteiger partial charge in [0, 0.05) is 17.5 Å². The number of aromatic nitrogens is 2. The van der Waals surface area contributed by atoms with E-state index in [1.165, 1.54) is 5.69 Å². The molecule has 0 aliphatic carbocycles. The van der Waals surface area contributed by atoms with Crippen molar-refractivity contribution in [2.75, 3.05) is 0 Å². The Bertz CT molecular complexity index is 479. The van der Waals surface area contributed by atoms with Gasteiger partial charge in [-0.2, -0.15) is 0 Å². The fourth-order valence-electron chi connectivity index (χ4n) is 1.62. The summed E-state index contributed by atoms with van der Waals surface area (Å²) in [5.41, 5.74) is 2.36. The van der Waals surface area contributed by atoms with Crippen molar-refractivity contribution in [3.8, 4) is 0 Å². The first-order chi connectivity index (χ1) is 7.18. The average Bonchev–Trinajstić information content (AvgIpc) is 2.78. The van der Waals surface area contributed by atoms with E-state index in [9.17, 15) is 0 Å². The van der Waals surface area contributed by atoms with E-state index in [0.29, 0.717) is 5.92 Å². The van der Waals surface area contributed by atoms with E-state index in [0.717, 1.165) is 16.9 Å². The first kappa shape index (κ1) is 10.2. The number of aromatic amines is 1. The van der Waals surface area contributed by atoms with Gasteiger partial charge in [0.2, 0.25) is 0 Å². The zero-order valence-corrected chi connectivity index (χ0v) is 9.67. The van der Waals surface area contributed by atoms with Gasteiger partial charge in [-0.1, -0.05) is 13.8 Å². The van der Waals surface area contributed by atoms with Gasteiger partial charge in [0.15, 0.2) is 4.77 Å². The summed E-state index contributed by atoms with van der Waals surface area (Å²) in [7, 11) is 0. The van der Waals surface area contributed by atoms with Crippen LogP contribution in [-0.2, 0) is 6.54 Å². The second-order valence-corrected chi connectivity index (χ2v) is 4.28. The van der Waals surface area contributed by atoms with Crippen molar-refractivity contribution in [1.29, 1.82) is 0 Å². The Hall–Kier alpha value is -1.29. The van der Waals surface area contributed by atoms with Gasteiger partial charge in [-0.05, 0) is 24.2 Å². The quantitative estimate of drug-likeness (QED) is 0.808. The summed E-state index contributed by atoms with van der Waals surface area (Å²) >= 11 is 5.24. The molecule has 80 valence electrons. The van der Waals surface area contributed by atoms with Crippen LogP contribution in [0.15, 0.2) is 29.2 Å². The molecule has 2 heterocycles. The molecule has 0 saturated heterocycles. The van der Waals surface area contributed by atoms with E-state index in [4.69, 9.17) is 16.6 Å². The van der Waals surface area contributed by atoms with Crippen LogP contribution in [0.4, 0.5) is 0 Å². The number of rotatable bonds is 3. The molecule has 0 saturated carbocycles. The number of imidazole rings is 1. The number of nitrogens with one attached hydrogen (secondary N) is 1. The van der Waals surface area contributed by atoms with Gasteiger partial charge in [0.25, 0.3) is 0 Å². The predicted octanol–water partition coefficient (Wildman–Crippen LogP) is 3.31. The fraction of sp³-hybridized carbons (Fsp3) is 0.364. The van der Waals surface area contributed by atoms with Crippen LogP contribution in [0.5, 0.6) is 0 Å². The Labute approximate surface area is 93.7 Å². The van der Waals surface area contributed by atoms with Crippen molar-refractivity contribution in [2.45, 2.75) is 26.3 Å². The normalized spacial score (nSPS) is 11.1. The van der Waals surface area contributed by atoms with Crippen molar-refractivity contribution in [3.63, 3.8) is 0 Å². The Balaban J connectivity index is 2.35. The molecule has 0 unspecified atom stereocenters. The third-order valence-corrected chi connectivity index (χ3v) is 2.75. The minimum absolute atomic E-state index is 0.463. The van der Waals surface area contributed by atoms with Crippen molar-refractivity contribution in [2.24, 2.45) is 0 Å². The molecular weight excluding hydrogens is 208 g/mol. The highest BCUT2D eigenvalue weighted by molar-refractivity contribution is 7.71. The molecule has 0 amide bonds. The van der Waals surface area contributed by atoms with E-state index in [1.54, 1.807) is 12.5 Å². The minimum atomic E-state index is 0.463. The number of hydrogen-bond acceptors (Lipinski definition) is 2. The second kappa shape index (κ2) is 4.06. The molecular formula is C11H14N2OS. The van der Waals surface area contributed by atoms with Gasteiger partial charge in [0.1, 0.15) is 0 Å². The van der Waals surface area contributed by atoms with Crippen LogP contribution in [0.2, 0.25) is 0 Å². The second-order valence-electron chi connectivity index (χ2n) is 3.89. The molecule has 0 atom stereocenters. The highest BCUT2D eigenvalue weighted by atomic mass is 32.1. The maximum absolute atomic E-state index is 5.24.